The molecule has 3 heteroatoms. The van der Waals surface area contributed by atoms with Crippen molar-refractivity contribution in [1.82, 2.24) is 5.32 Å². The molecule has 1 nitrogen and oxygen atoms in total. The third-order valence-electron chi connectivity index (χ3n) is 4.54. The lowest BCUT2D eigenvalue weighted by molar-refractivity contribution is 0.289. The average molecular weight is 326 g/mol. The Kier molecular flexibility index (Phi) is 4.23. The van der Waals surface area contributed by atoms with Crippen molar-refractivity contribution in [3.63, 3.8) is 0 Å². The van der Waals surface area contributed by atoms with Crippen molar-refractivity contribution in [2.75, 3.05) is 6.54 Å². The predicted molar refractivity (Wildman–Crippen MR) is 79.8 cm³/mol. The lowest BCUT2D eigenvalue weighted by atomic mass is 9.75. The van der Waals surface area contributed by atoms with E-state index in [1.807, 2.05) is 12.1 Å². The minimum absolute atomic E-state index is 0.0502. The van der Waals surface area contributed by atoms with Gasteiger partial charge in [-0.15, -0.1) is 0 Å². The second-order valence-electron chi connectivity index (χ2n) is 5.98. The summed E-state index contributed by atoms with van der Waals surface area (Å²) in [5.41, 5.74) is 0.914. The topological polar surface area (TPSA) is 12.0 Å². The lowest BCUT2D eigenvalue weighted by Crippen LogP contribution is -2.31. The van der Waals surface area contributed by atoms with Gasteiger partial charge in [0, 0.05) is 6.04 Å². The Morgan fingerprint density at radius 3 is 2.74 bits per heavy atom. The number of halogens is 2. The molecule has 1 aromatic rings. The summed E-state index contributed by atoms with van der Waals surface area (Å²) in [4.78, 5) is 0. The maximum atomic E-state index is 14.3. The van der Waals surface area contributed by atoms with Crippen LogP contribution in [-0.2, 0) is 0 Å². The minimum Gasteiger partial charge on any atom is -0.314 e. The molecule has 1 aromatic carbocycles. The van der Waals surface area contributed by atoms with Gasteiger partial charge in [-0.3, -0.25) is 0 Å². The molecule has 0 aromatic heterocycles. The zero-order chi connectivity index (χ0) is 13.2. The summed E-state index contributed by atoms with van der Waals surface area (Å²) in [7, 11) is 0. The highest BCUT2D eigenvalue weighted by atomic mass is 79.9. The van der Waals surface area contributed by atoms with Gasteiger partial charge in [-0.2, -0.15) is 0 Å². The fourth-order valence-electron chi connectivity index (χ4n) is 3.27. The van der Waals surface area contributed by atoms with Gasteiger partial charge >= 0.3 is 0 Å². The van der Waals surface area contributed by atoms with Crippen molar-refractivity contribution in [3.05, 3.63) is 34.1 Å². The zero-order valence-electron chi connectivity index (χ0n) is 11.2. The fourth-order valence-corrected chi connectivity index (χ4v) is 3.66. The lowest BCUT2D eigenvalue weighted by Gasteiger charge is -2.32. The first-order valence-electron chi connectivity index (χ1n) is 7.43. The number of nitrogens with one attached hydrogen (secondary N) is 1. The van der Waals surface area contributed by atoms with E-state index in [1.54, 1.807) is 6.07 Å². The molecule has 2 unspecified atom stereocenters. The molecule has 2 aliphatic rings. The Hall–Kier alpha value is -0.410. The molecule has 0 saturated heterocycles. The zero-order valence-corrected chi connectivity index (χ0v) is 12.8. The third-order valence-corrected chi connectivity index (χ3v) is 5.15. The van der Waals surface area contributed by atoms with Gasteiger partial charge < -0.3 is 5.32 Å². The van der Waals surface area contributed by atoms with Crippen LogP contribution in [-0.4, -0.2) is 12.6 Å². The fraction of sp³-hybridized carbons (Fsp3) is 0.625. The molecule has 2 atom stereocenters. The first kappa shape index (κ1) is 13.6. The van der Waals surface area contributed by atoms with E-state index < -0.39 is 0 Å². The highest BCUT2D eigenvalue weighted by Crippen LogP contribution is 2.40. The van der Waals surface area contributed by atoms with Crippen LogP contribution in [0.1, 0.15) is 50.0 Å². The van der Waals surface area contributed by atoms with Gasteiger partial charge in [-0.1, -0.05) is 25.0 Å². The van der Waals surface area contributed by atoms with Gasteiger partial charge in [0.1, 0.15) is 5.82 Å². The number of benzene rings is 1. The number of hydrogen-bond acceptors (Lipinski definition) is 1. The van der Waals surface area contributed by atoms with Crippen LogP contribution < -0.4 is 5.32 Å². The van der Waals surface area contributed by atoms with Crippen LogP contribution in [0.5, 0.6) is 0 Å². The molecule has 0 radical (unpaired) electrons. The van der Waals surface area contributed by atoms with Gasteiger partial charge in [0.05, 0.1) is 4.47 Å². The van der Waals surface area contributed by atoms with Crippen LogP contribution in [0.2, 0.25) is 0 Å². The van der Waals surface area contributed by atoms with E-state index in [2.05, 4.69) is 21.2 Å². The molecule has 0 amide bonds. The summed E-state index contributed by atoms with van der Waals surface area (Å²) in [6.45, 7) is 1.06. The molecule has 2 saturated carbocycles. The Morgan fingerprint density at radius 1 is 1.16 bits per heavy atom. The van der Waals surface area contributed by atoms with Gasteiger partial charge in [-0.05, 0) is 71.6 Å². The molecule has 104 valence electrons. The van der Waals surface area contributed by atoms with E-state index in [4.69, 9.17) is 0 Å². The van der Waals surface area contributed by atoms with Crippen LogP contribution >= 0.6 is 15.9 Å². The second-order valence-corrected chi connectivity index (χ2v) is 6.83. The normalized spacial score (nSPS) is 27.5. The number of hydrogen-bond donors (Lipinski definition) is 1. The summed E-state index contributed by atoms with van der Waals surface area (Å²) in [5.74, 6) is 0.932. The summed E-state index contributed by atoms with van der Waals surface area (Å²) in [6.07, 6.45) is 7.53. The van der Waals surface area contributed by atoms with Crippen molar-refractivity contribution in [2.45, 2.75) is 50.5 Å². The molecule has 0 heterocycles. The van der Waals surface area contributed by atoms with Crippen molar-refractivity contribution < 1.29 is 4.39 Å². The molecular weight excluding hydrogens is 305 g/mol. The van der Waals surface area contributed by atoms with E-state index in [0.717, 1.165) is 24.6 Å². The average Bonchev–Trinajstić information content (AvgIpc) is 3.24. The van der Waals surface area contributed by atoms with E-state index in [0.29, 0.717) is 16.3 Å². The summed E-state index contributed by atoms with van der Waals surface area (Å²) in [6, 6.07) is 6.47. The first-order valence-corrected chi connectivity index (χ1v) is 8.22. The Labute approximate surface area is 123 Å². The highest BCUT2D eigenvalue weighted by Gasteiger charge is 2.30. The maximum Gasteiger partial charge on any atom is 0.140 e. The molecular formula is C16H21BrFN. The van der Waals surface area contributed by atoms with E-state index >= 15 is 0 Å². The van der Waals surface area contributed by atoms with Crippen LogP contribution in [0.3, 0.4) is 0 Å². The van der Waals surface area contributed by atoms with Crippen molar-refractivity contribution in [2.24, 2.45) is 5.92 Å². The van der Waals surface area contributed by atoms with Gasteiger partial charge in [0.15, 0.2) is 0 Å². The summed E-state index contributed by atoms with van der Waals surface area (Å²) >= 11 is 3.31. The molecule has 0 spiro atoms. The van der Waals surface area contributed by atoms with Crippen LogP contribution in [0.15, 0.2) is 22.7 Å². The van der Waals surface area contributed by atoms with Gasteiger partial charge in [0.25, 0.3) is 0 Å². The highest BCUT2D eigenvalue weighted by molar-refractivity contribution is 9.10. The molecule has 19 heavy (non-hydrogen) atoms. The molecule has 2 fully saturated rings. The van der Waals surface area contributed by atoms with Gasteiger partial charge in [-0.25, -0.2) is 4.39 Å². The molecule has 3 rings (SSSR count). The van der Waals surface area contributed by atoms with Crippen LogP contribution in [0.4, 0.5) is 4.39 Å². The Morgan fingerprint density at radius 2 is 1.95 bits per heavy atom. The number of rotatable bonds is 4. The molecule has 0 aliphatic heterocycles. The Bertz CT molecular complexity index is 444. The Balaban J connectivity index is 1.76. The van der Waals surface area contributed by atoms with Crippen molar-refractivity contribution in [3.8, 4) is 0 Å². The van der Waals surface area contributed by atoms with Crippen molar-refractivity contribution in [1.29, 1.82) is 0 Å². The summed E-state index contributed by atoms with van der Waals surface area (Å²) in [5, 5.41) is 3.63. The standard InChI is InChI=1S/C16H21BrFN/c17-15-7-3-6-14(16(15)18)13-5-2-1-4-11(13)10-19-12-8-9-12/h3,6-7,11-13,19H,1-2,4-5,8-10H2. The SMILES string of the molecule is Fc1c(Br)cccc1C1CCCCC1CNC1CC1. The van der Waals surface area contributed by atoms with Crippen LogP contribution in [0, 0.1) is 11.7 Å². The minimum atomic E-state index is -0.0502. The maximum absolute atomic E-state index is 14.3. The molecule has 0 bridgehead atoms. The van der Waals surface area contributed by atoms with Crippen LogP contribution in [0.25, 0.3) is 0 Å². The molecule has 2 aliphatic carbocycles. The van der Waals surface area contributed by atoms with E-state index in [-0.39, 0.29) is 5.82 Å². The van der Waals surface area contributed by atoms with Gasteiger partial charge in [0.2, 0.25) is 0 Å². The molecule has 1 N–H and O–H groups in total. The third kappa shape index (κ3) is 3.19. The summed E-state index contributed by atoms with van der Waals surface area (Å²) < 4.78 is 14.9. The van der Waals surface area contributed by atoms with E-state index in [9.17, 15) is 4.39 Å². The second kappa shape index (κ2) is 5.92. The monoisotopic (exact) mass is 325 g/mol. The predicted octanol–water partition coefficient (Wildman–Crippen LogP) is 4.61. The smallest absolute Gasteiger partial charge is 0.140 e. The van der Waals surface area contributed by atoms with Crippen molar-refractivity contribution >= 4 is 15.9 Å². The largest absolute Gasteiger partial charge is 0.314 e. The van der Waals surface area contributed by atoms with E-state index in [1.165, 1.54) is 32.1 Å². The quantitative estimate of drug-likeness (QED) is 0.852. The first-order chi connectivity index (χ1) is 9.25.